The Hall–Kier alpha value is -4.19. The van der Waals surface area contributed by atoms with Gasteiger partial charge in [-0.1, -0.05) is 0 Å². The highest BCUT2D eigenvalue weighted by molar-refractivity contribution is 6.14. The Bertz CT molecular complexity index is 1660. The average molecular weight is 578 g/mol. The molecule has 0 bridgehead atoms. The number of carbonyl (C=O) groups is 2. The van der Waals surface area contributed by atoms with Crippen molar-refractivity contribution in [2.75, 3.05) is 43.5 Å². The highest BCUT2D eigenvalue weighted by Crippen LogP contribution is 2.37. The maximum atomic E-state index is 14.7. The monoisotopic (exact) mass is 577 g/mol. The molecule has 1 aliphatic carbocycles. The first kappa shape index (κ1) is 28.0. The van der Waals surface area contributed by atoms with Gasteiger partial charge in [0.2, 0.25) is 0 Å². The highest BCUT2D eigenvalue weighted by Gasteiger charge is 2.33. The molecular weight excluding hydrogens is 541 g/mol. The fourth-order valence-corrected chi connectivity index (χ4v) is 5.60. The van der Waals surface area contributed by atoms with Crippen LogP contribution in [0.3, 0.4) is 0 Å². The number of amides is 2. The first-order valence-electron chi connectivity index (χ1n) is 14.2. The number of carbonyl (C=O) groups excluding carboxylic acids is 2. The molecule has 1 saturated heterocycles. The topological polar surface area (TPSA) is 106 Å². The molecule has 1 N–H and O–H groups in total. The fourth-order valence-electron chi connectivity index (χ4n) is 5.60. The number of aromatic nitrogens is 4. The van der Waals surface area contributed by atoms with Gasteiger partial charge < -0.3 is 29.0 Å². The van der Waals surface area contributed by atoms with Gasteiger partial charge >= 0.3 is 6.09 Å². The van der Waals surface area contributed by atoms with Crippen LogP contribution in [0.15, 0.2) is 36.8 Å². The number of aryl methyl sites for hydroxylation is 1. The van der Waals surface area contributed by atoms with E-state index in [4.69, 9.17) is 14.6 Å². The third kappa shape index (κ3) is 5.38. The van der Waals surface area contributed by atoms with Gasteiger partial charge in [-0.25, -0.2) is 14.2 Å². The number of imidazole rings is 1. The van der Waals surface area contributed by atoms with Crippen LogP contribution in [0.5, 0.6) is 0 Å². The smallest absolute Gasteiger partial charge is 0.410 e. The molecule has 0 unspecified atom stereocenters. The summed E-state index contributed by atoms with van der Waals surface area (Å²) in [5, 5.41) is 8.57. The number of halogens is 1. The standard InChI is InChI=1S/C30H36FN7O4/c1-18-15-37-16-19(12-24(31)27(37)32-18)33-28(39)22-6-7-25(23-17-38(34-26(22)23)20-13-21(14-20)41-5)35-8-10-36(11-9-35)29(40)42-30(2,3)4/h6-7,12,15-17,20-21H,8-11,13-14H2,1-5H3,(H,33,39). The van der Waals surface area contributed by atoms with Gasteiger partial charge in [-0.15, -0.1) is 0 Å². The second-order valence-electron chi connectivity index (χ2n) is 12.1. The minimum Gasteiger partial charge on any atom is -0.444 e. The van der Waals surface area contributed by atoms with E-state index < -0.39 is 11.4 Å². The molecule has 2 fully saturated rings. The molecule has 0 spiro atoms. The molecule has 6 rings (SSSR count). The summed E-state index contributed by atoms with van der Waals surface area (Å²) in [7, 11) is 1.71. The lowest BCUT2D eigenvalue weighted by atomic mass is 9.89. The van der Waals surface area contributed by atoms with Crippen LogP contribution in [0.25, 0.3) is 16.6 Å². The van der Waals surface area contributed by atoms with Crippen LogP contribution in [0.1, 0.15) is 55.7 Å². The third-order valence-electron chi connectivity index (χ3n) is 7.85. The Balaban J connectivity index is 1.28. The number of fused-ring (bicyclic) bond motifs is 2. The van der Waals surface area contributed by atoms with Gasteiger partial charge in [0.05, 0.1) is 29.1 Å². The molecule has 11 nitrogen and oxygen atoms in total. The van der Waals surface area contributed by atoms with Crippen molar-refractivity contribution in [2.24, 2.45) is 0 Å². The summed E-state index contributed by atoms with van der Waals surface area (Å²) in [6, 6.07) is 5.14. The number of benzene rings is 1. The SMILES string of the molecule is COC1CC(n2cc3c(N4CCN(C(=O)OC(C)(C)C)CC4)ccc(C(=O)Nc4cc(F)c5nc(C)cn5c4)c3n2)C1. The molecule has 1 aromatic carbocycles. The Kier molecular flexibility index (Phi) is 7.04. The van der Waals surface area contributed by atoms with Gasteiger partial charge in [0, 0.05) is 69.0 Å². The lowest BCUT2D eigenvalue weighted by molar-refractivity contribution is 0.00268. The van der Waals surface area contributed by atoms with Crippen LogP contribution in [0.2, 0.25) is 0 Å². The van der Waals surface area contributed by atoms with E-state index >= 15 is 0 Å². The minimum atomic E-state index is -0.552. The lowest BCUT2D eigenvalue weighted by Crippen LogP contribution is -2.50. The third-order valence-corrected chi connectivity index (χ3v) is 7.85. The number of hydrogen-bond donors (Lipinski definition) is 1. The Labute approximate surface area is 243 Å². The molecule has 2 aliphatic rings. The summed E-state index contributed by atoms with van der Waals surface area (Å²) in [4.78, 5) is 34.3. The van der Waals surface area contributed by atoms with E-state index in [1.807, 2.05) is 37.7 Å². The Morgan fingerprint density at radius 3 is 2.50 bits per heavy atom. The van der Waals surface area contributed by atoms with Crippen LogP contribution in [0, 0.1) is 12.7 Å². The molecule has 0 atom stereocenters. The number of ether oxygens (including phenoxy) is 2. The maximum Gasteiger partial charge on any atom is 0.410 e. The number of methoxy groups -OCH3 is 1. The highest BCUT2D eigenvalue weighted by atomic mass is 19.1. The van der Waals surface area contributed by atoms with E-state index in [9.17, 15) is 14.0 Å². The number of nitrogens with one attached hydrogen (secondary N) is 1. The van der Waals surface area contributed by atoms with Gasteiger partial charge in [0.25, 0.3) is 5.91 Å². The Morgan fingerprint density at radius 1 is 1.07 bits per heavy atom. The number of pyridine rings is 1. The molecule has 12 heteroatoms. The van der Waals surface area contributed by atoms with Crippen LogP contribution in [-0.4, -0.2) is 81.1 Å². The van der Waals surface area contributed by atoms with Crippen molar-refractivity contribution >= 4 is 39.9 Å². The summed E-state index contributed by atoms with van der Waals surface area (Å²) < 4.78 is 29.2. The van der Waals surface area contributed by atoms with E-state index in [0.717, 1.165) is 23.9 Å². The molecule has 1 aliphatic heterocycles. The summed E-state index contributed by atoms with van der Waals surface area (Å²) >= 11 is 0. The molecule has 2 amide bonds. The van der Waals surface area contributed by atoms with E-state index in [1.54, 1.807) is 41.8 Å². The number of anilines is 2. The van der Waals surface area contributed by atoms with E-state index in [2.05, 4.69) is 15.2 Å². The maximum absolute atomic E-state index is 14.7. The van der Waals surface area contributed by atoms with Crippen molar-refractivity contribution in [3.05, 3.63) is 53.9 Å². The first-order chi connectivity index (χ1) is 20.0. The number of piperazine rings is 1. The van der Waals surface area contributed by atoms with E-state index in [1.165, 1.54) is 6.07 Å². The van der Waals surface area contributed by atoms with Crippen LogP contribution in [-0.2, 0) is 9.47 Å². The van der Waals surface area contributed by atoms with E-state index in [-0.39, 0.29) is 29.8 Å². The minimum absolute atomic E-state index is 0.177. The molecular formula is C30H36FN7O4. The summed E-state index contributed by atoms with van der Waals surface area (Å²) in [6.07, 6.45) is 6.92. The number of rotatable bonds is 5. The van der Waals surface area contributed by atoms with Gasteiger partial charge in [0.15, 0.2) is 11.5 Å². The average Bonchev–Trinajstić information content (AvgIpc) is 3.50. The van der Waals surface area contributed by atoms with Gasteiger partial charge in [-0.05, 0) is 52.7 Å². The second kappa shape index (κ2) is 10.6. The van der Waals surface area contributed by atoms with Gasteiger partial charge in [0.1, 0.15) is 11.1 Å². The van der Waals surface area contributed by atoms with Crippen molar-refractivity contribution in [3.8, 4) is 0 Å². The molecule has 42 heavy (non-hydrogen) atoms. The van der Waals surface area contributed by atoms with Crippen LogP contribution >= 0.6 is 0 Å². The largest absolute Gasteiger partial charge is 0.444 e. The normalized spacial score (nSPS) is 19.3. The second-order valence-corrected chi connectivity index (χ2v) is 12.1. The zero-order valence-electron chi connectivity index (χ0n) is 24.6. The number of hydrogen-bond acceptors (Lipinski definition) is 7. The van der Waals surface area contributed by atoms with Gasteiger partial charge in [-0.3, -0.25) is 9.48 Å². The molecule has 1 saturated carbocycles. The number of nitrogens with zero attached hydrogens (tertiary/aromatic N) is 6. The van der Waals surface area contributed by atoms with Crippen molar-refractivity contribution in [2.45, 2.75) is 58.3 Å². The van der Waals surface area contributed by atoms with Crippen molar-refractivity contribution in [1.29, 1.82) is 0 Å². The van der Waals surface area contributed by atoms with Crippen molar-refractivity contribution < 1.29 is 23.5 Å². The molecule has 3 aromatic heterocycles. The molecule has 222 valence electrons. The van der Waals surface area contributed by atoms with Crippen molar-refractivity contribution in [3.63, 3.8) is 0 Å². The zero-order valence-corrected chi connectivity index (χ0v) is 24.6. The first-order valence-corrected chi connectivity index (χ1v) is 14.2. The van der Waals surface area contributed by atoms with Crippen LogP contribution in [0.4, 0.5) is 20.6 Å². The summed E-state index contributed by atoms with van der Waals surface area (Å²) in [5.41, 5.74) is 2.56. The van der Waals surface area contributed by atoms with Gasteiger partial charge in [-0.2, -0.15) is 5.10 Å². The lowest BCUT2D eigenvalue weighted by Gasteiger charge is -2.37. The molecule has 4 aromatic rings. The Morgan fingerprint density at radius 2 is 1.81 bits per heavy atom. The predicted octanol–water partition coefficient (Wildman–Crippen LogP) is 4.79. The molecule has 0 radical (unpaired) electrons. The predicted molar refractivity (Wildman–Crippen MR) is 157 cm³/mol. The quantitative estimate of drug-likeness (QED) is 0.364. The van der Waals surface area contributed by atoms with Crippen LogP contribution < -0.4 is 10.2 Å². The molecule has 4 heterocycles. The van der Waals surface area contributed by atoms with E-state index in [0.29, 0.717) is 48.6 Å². The summed E-state index contributed by atoms with van der Waals surface area (Å²) in [5.74, 6) is -0.903. The zero-order chi connectivity index (χ0) is 29.8. The van der Waals surface area contributed by atoms with Crippen molar-refractivity contribution in [1.82, 2.24) is 24.1 Å². The summed E-state index contributed by atoms with van der Waals surface area (Å²) in [6.45, 7) is 9.63. The fraction of sp³-hybridized carbons (Fsp3) is 0.467.